The molecule has 2 rings (SSSR count). The molecule has 0 amide bonds. The molecule has 23 heavy (non-hydrogen) atoms. The van der Waals surface area contributed by atoms with Crippen molar-refractivity contribution in [2.75, 3.05) is 33.0 Å². The topological polar surface area (TPSA) is 47.9 Å². The van der Waals surface area contributed by atoms with Gasteiger partial charge in [0.05, 0.1) is 30.9 Å². The summed E-state index contributed by atoms with van der Waals surface area (Å²) >= 11 is 10.5. The molecule has 0 bridgehead atoms. The number of aliphatic hydroxyl groups is 1. The maximum Gasteiger partial charge on any atom is 0.135 e. The van der Waals surface area contributed by atoms with Crippen LogP contribution in [0.15, 0.2) is 25.6 Å². The van der Waals surface area contributed by atoms with Gasteiger partial charge in [0.1, 0.15) is 11.9 Å². The molecule has 0 saturated carbocycles. The summed E-state index contributed by atoms with van der Waals surface area (Å²) in [7, 11) is 0. The first-order valence-corrected chi connectivity index (χ1v) is 9.96. The largest absolute Gasteiger partial charge is 0.487 e. The summed E-state index contributed by atoms with van der Waals surface area (Å²) in [5.41, 5.74) is 0.158. The van der Waals surface area contributed by atoms with E-state index in [0.29, 0.717) is 19.6 Å². The molecule has 1 unspecified atom stereocenters. The van der Waals surface area contributed by atoms with Crippen LogP contribution in [0.1, 0.15) is 19.8 Å². The monoisotopic (exact) mass is 514 g/mol. The van der Waals surface area contributed by atoms with Crippen molar-refractivity contribution in [2.45, 2.75) is 25.9 Å². The number of hydrogen-bond donors (Lipinski definition) is 1. The average molecular weight is 517 g/mol. The third-order valence-corrected chi connectivity index (χ3v) is 7.36. The number of aliphatic hydroxyl groups excluding tert-OH is 1. The van der Waals surface area contributed by atoms with Crippen LogP contribution in [0.5, 0.6) is 5.75 Å². The summed E-state index contributed by atoms with van der Waals surface area (Å²) in [6.45, 7) is 4.86. The van der Waals surface area contributed by atoms with Gasteiger partial charge in [0.15, 0.2) is 0 Å². The van der Waals surface area contributed by atoms with E-state index in [1.165, 1.54) is 0 Å². The molecule has 1 N–H and O–H groups in total. The Balaban J connectivity index is 1.92. The fourth-order valence-corrected chi connectivity index (χ4v) is 3.65. The molecule has 130 valence electrons. The molecule has 1 aromatic carbocycles. The lowest BCUT2D eigenvalue weighted by atomic mass is 9.84. The van der Waals surface area contributed by atoms with E-state index in [1.807, 2.05) is 12.1 Å². The van der Waals surface area contributed by atoms with Crippen LogP contribution in [-0.2, 0) is 9.47 Å². The highest BCUT2D eigenvalue weighted by molar-refractivity contribution is 9.14. The highest BCUT2D eigenvalue weighted by Gasteiger charge is 2.37. The first-order chi connectivity index (χ1) is 11.0. The lowest BCUT2D eigenvalue weighted by molar-refractivity contribution is -0.154. The van der Waals surface area contributed by atoms with E-state index in [-0.39, 0.29) is 18.1 Å². The lowest BCUT2D eigenvalue weighted by Crippen LogP contribution is -2.46. The van der Waals surface area contributed by atoms with E-state index >= 15 is 0 Å². The second-order valence-electron chi connectivity index (χ2n) is 5.79. The van der Waals surface area contributed by atoms with Crippen molar-refractivity contribution in [3.63, 3.8) is 0 Å². The molecular weight excluding hydrogens is 496 g/mol. The molecule has 1 heterocycles. The predicted molar refractivity (Wildman–Crippen MR) is 100 cm³/mol. The first kappa shape index (κ1) is 19.7. The van der Waals surface area contributed by atoms with Gasteiger partial charge < -0.3 is 19.3 Å². The Labute approximate surface area is 162 Å². The molecule has 1 aliphatic rings. The highest BCUT2D eigenvalue weighted by atomic mass is 79.9. The van der Waals surface area contributed by atoms with Crippen molar-refractivity contribution in [1.29, 1.82) is 0 Å². The molecule has 0 spiro atoms. The Hall–Kier alpha value is 0.340. The highest BCUT2D eigenvalue weighted by Crippen LogP contribution is 2.38. The third kappa shape index (κ3) is 5.16. The molecule has 0 aromatic heterocycles. The van der Waals surface area contributed by atoms with Gasteiger partial charge in [-0.1, -0.05) is 6.92 Å². The number of halogens is 3. The van der Waals surface area contributed by atoms with Gasteiger partial charge in [0.2, 0.25) is 0 Å². The Kier molecular flexibility index (Phi) is 7.82. The summed E-state index contributed by atoms with van der Waals surface area (Å²) in [5, 5.41) is 9.26. The molecule has 0 aliphatic carbocycles. The second-order valence-corrected chi connectivity index (χ2v) is 8.23. The van der Waals surface area contributed by atoms with Gasteiger partial charge in [-0.25, -0.2) is 0 Å². The van der Waals surface area contributed by atoms with E-state index in [9.17, 15) is 5.11 Å². The summed E-state index contributed by atoms with van der Waals surface area (Å²) in [5.74, 6) is 0.722. The van der Waals surface area contributed by atoms with Gasteiger partial charge in [0, 0.05) is 27.4 Å². The van der Waals surface area contributed by atoms with Crippen molar-refractivity contribution in [2.24, 2.45) is 5.41 Å². The standard InChI is InChI=1S/C16H21Br3O4/c1-2-16(9-22-10-16)8-21-7-11(5-6-20)23-13-4-3-12(17)14(18)15(13)19/h3-4,11,20H,2,5-10H2,1H3. The van der Waals surface area contributed by atoms with Gasteiger partial charge in [-0.15, -0.1) is 0 Å². The number of hydrogen-bond acceptors (Lipinski definition) is 4. The smallest absolute Gasteiger partial charge is 0.135 e. The van der Waals surface area contributed by atoms with Crippen LogP contribution in [-0.4, -0.2) is 44.2 Å². The van der Waals surface area contributed by atoms with Gasteiger partial charge in [-0.3, -0.25) is 0 Å². The fourth-order valence-electron chi connectivity index (χ4n) is 2.29. The Morgan fingerprint density at radius 1 is 1.26 bits per heavy atom. The fraction of sp³-hybridized carbons (Fsp3) is 0.625. The van der Waals surface area contributed by atoms with E-state index in [2.05, 4.69) is 54.7 Å². The molecule has 1 aromatic rings. The minimum atomic E-state index is -0.195. The van der Waals surface area contributed by atoms with Crippen molar-refractivity contribution >= 4 is 47.8 Å². The van der Waals surface area contributed by atoms with Crippen molar-refractivity contribution in [1.82, 2.24) is 0 Å². The number of benzene rings is 1. The van der Waals surface area contributed by atoms with E-state index < -0.39 is 0 Å². The number of ether oxygens (including phenoxy) is 3. The summed E-state index contributed by atoms with van der Waals surface area (Å²) in [6, 6.07) is 3.80. The normalized spacial score (nSPS) is 17.6. The first-order valence-electron chi connectivity index (χ1n) is 7.58. The van der Waals surface area contributed by atoms with Gasteiger partial charge >= 0.3 is 0 Å². The molecule has 1 aliphatic heterocycles. The molecule has 7 heteroatoms. The van der Waals surface area contributed by atoms with E-state index in [1.54, 1.807) is 0 Å². The molecular formula is C16H21Br3O4. The summed E-state index contributed by atoms with van der Waals surface area (Å²) < 4.78 is 19.9. The van der Waals surface area contributed by atoms with E-state index in [4.69, 9.17) is 14.2 Å². The minimum Gasteiger partial charge on any atom is -0.487 e. The third-order valence-electron chi connectivity index (χ3n) is 4.02. The van der Waals surface area contributed by atoms with Gasteiger partial charge in [0.25, 0.3) is 0 Å². The van der Waals surface area contributed by atoms with Crippen molar-refractivity contribution in [3.8, 4) is 5.75 Å². The van der Waals surface area contributed by atoms with Crippen LogP contribution in [0.2, 0.25) is 0 Å². The summed E-state index contributed by atoms with van der Waals surface area (Å²) in [4.78, 5) is 0. The average Bonchev–Trinajstić information content (AvgIpc) is 2.50. The molecule has 1 fully saturated rings. The Morgan fingerprint density at radius 2 is 2.00 bits per heavy atom. The lowest BCUT2D eigenvalue weighted by Gasteiger charge is -2.40. The molecule has 0 radical (unpaired) electrons. The quantitative estimate of drug-likeness (QED) is 0.489. The molecule has 4 nitrogen and oxygen atoms in total. The maximum atomic E-state index is 9.26. The van der Waals surface area contributed by atoms with Gasteiger partial charge in [-0.05, 0) is 66.3 Å². The van der Waals surface area contributed by atoms with Crippen LogP contribution >= 0.6 is 47.8 Å². The van der Waals surface area contributed by atoms with Gasteiger partial charge in [-0.2, -0.15) is 0 Å². The van der Waals surface area contributed by atoms with Crippen LogP contribution < -0.4 is 4.74 Å². The Bertz CT molecular complexity index is 515. The van der Waals surface area contributed by atoms with E-state index in [0.717, 1.165) is 38.8 Å². The van der Waals surface area contributed by atoms with Crippen molar-refractivity contribution < 1.29 is 19.3 Å². The summed E-state index contributed by atoms with van der Waals surface area (Å²) in [6.07, 6.45) is 1.37. The zero-order valence-corrected chi connectivity index (χ0v) is 17.7. The Morgan fingerprint density at radius 3 is 2.57 bits per heavy atom. The predicted octanol–water partition coefficient (Wildman–Crippen LogP) is 4.55. The zero-order chi connectivity index (χ0) is 16.9. The zero-order valence-electron chi connectivity index (χ0n) is 13.0. The second kappa shape index (κ2) is 9.15. The van der Waals surface area contributed by atoms with Crippen LogP contribution in [0, 0.1) is 5.41 Å². The minimum absolute atomic E-state index is 0.0609. The maximum absolute atomic E-state index is 9.26. The van der Waals surface area contributed by atoms with Crippen LogP contribution in [0.4, 0.5) is 0 Å². The molecule has 1 saturated heterocycles. The van der Waals surface area contributed by atoms with Crippen LogP contribution in [0.25, 0.3) is 0 Å². The number of rotatable bonds is 9. The van der Waals surface area contributed by atoms with Crippen molar-refractivity contribution in [3.05, 3.63) is 25.6 Å². The van der Waals surface area contributed by atoms with Crippen LogP contribution in [0.3, 0.4) is 0 Å². The SMILES string of the molecule is CCC1(COCC(CCO)Oc2ccc(Br)c(Br)c2Br)COC1. The molecule has 1 atom stereocenters.